The number of halogens is 1. The first-order chi connectivity index (χ1) is 11.1. The van der Waals surface area contributed by atoms with E-state index in [1.54, 1.807) is 16.7 Å². The van der Waals surface area contributed by atoms with Gasteiger partial charge in [0.1, 0.15) is 6.04 Å². The van der Waals surface area contributed by atoms with E-state index in [2.05, 4.69) is 0 Å². The minimum absolute atomic E-state index is 0.00558. The maximum absolute atomic E-state index is 12.5. The molecule has 23 heavy (non-hydrogen) atoms. The van der Waals surface area contributed by atoms with E-state index in [0.29, 0.717) is 19.5 Å². The SMILES string of the molecule is C[C@H]1C(=O)N(CCc2ccccc2)CC(=O)N1CCCCCF. The second-order valence-corrected chi connectivity index (χ2v) is 6.01. The zero-order chi connectivity index (χ0) is 16.7. The van der Waals surface area contributed by atoms with Gasteiger partial charge in [-0.15, -0.1) is 0 Å². The number of alkyl halides is 1. The third-order valence-electron chi connectivity index (χ3n) is 4.33. The summed E-state index contributed by atoms with van der Waals surface area (Å²) in [6.07, 6.45) is 2.77. The molecule has 0 aliphatic carbocycles. The Hall–Kier alpha value is -1.91. The number of unbranched alkanes of at least 4 members (excludes halogenated alkanes) is 2. The van der Waals surface area contributed by atoms with E-state index in [1.807, 2.05) is 30.3 Å². The fourth-order valence-electron chi connectivity index (χ4n) is 2.92. The fourth-order valence-corrected chi connectivity index (χ4v) is 2.92. The van der Waals surface area contributed by atoms with Crippen molar-refractivity contribution in [2.75, 3.05) is 26.3 Å². The lowest BCUT2D eigenvalue weighted by molar-refractivity contribution is -0.155. The van der Waals surface area contributed by atoms with Gasteiger partial charge in [0.05, 0.1) is 13.2 Å². The summed E-state index contributed by atoms with van der Waals surface area (Å²) in [5, 5.41) is 0. The Kier molecular flexibility index (Phi) is 6.56. The van der Waals surface area contributed by atoms with E-state index in [-0.39, 0.29) is 25.0 Å². The first-order valence-corrected chi connectivity index (χ1v) is 8.31. The maximum Gasteiger partial charge on any atom is 0.245 e. The predicted octanol–water partition coefficient (Wildman–Crippen LogP) is 2.43. The van der Waals surface area contributed by atoms with Crippen molar-refractivity contribution in [3.8, 4) is 0 Å². The number of carbonyl (C=O) groups excluding carboxylic acids is 2. The molecule has 0 aromatic heterocycles. The Morgan fingerprint density at radius 3 is 2.52 bits per heavy atom. The van der Waals surface area contributed by atoms with Gasteiger partial charge in [-0.05, 0) is 38.2 Å². The van der Waals surface area contributed by atoms with Crippen molar-refractivity contribution >= 4 is 11.8 Å². The number of benzene rings is 1. The van der Waals surface area contributed by atoms with Gasteiger partial charge in [-0.3, -0.25) is 14.0 Å². The molecule has 0 saturated carbocycles. The molecule has 0 unspecified atom stereocenters. The minimum atomic E-state index is -0.419. The second-order valence-electron chi connectivity index (χ2n) is 6.01. The highest BCUT2D eigenvalue weighted by atomic mass is 19.1. The van der Waals surface area contributed by atoms with Gasteiger partial charge in [0, 0.05) is 13.1 Å². The molecule has 1 aromatic carbocycles. The molecule has 4 nitrogen and oxygen atoms in total. The van der Waals surface area contributed by atoms with E-state index in [9.17, 15) is 14.0 Å². The third-order valence-corrected chi connectivity index (χ3v) is 4.33. The second kappa shape index (κ2) is 8.65. The van der Waals surface area contributed by atoms with Gasteiger partial charge in [-0.25, -0.2) is 0 Å². The average Bonchev–Trinajstić information content (AvgIpc) is 2.57. The molecule has 1 aromatic rings. The number of nitrogens with zero attached hydrogens (tertiary/aromatic N) is 2. The van der Waals surface area contributed by atoms with Crippen LogP contribution >= 0.6 is 0 Å². The van der Waals surface area contributed by atoms with Crippen molar-refractivity contribution in [3.05, 3.63) is 35.9 Å². The van der Waals surface area contributed by atoms with Crippen LogP contribution in [0.25, 0.3) is 0 Å². The number of piperazine rings is 1. The molecule has 0 bridgehead atoms. The van der Waals surface area contributed by atoms with Crippen molar-refractivity contribution in [2.24, 2.45) is 0 Å². The molecule has 1 aliphatic rings. The Morgan fingerprint density at radius 2 is 1.83 bits per heavy atom. The van der Waals surface area contributed by atoms with E-state index in [0.717, 1.165) is 24.8 Å². The highest BCUT2D eigenvalue weighted by Crippen LogP contribution is 2.15. The summed E-state index contributed by atoms with van der Waals surface area (Å²) in [4.78, 5) is 28.0. The molecule has 0 spiro atoms. The van der Waals surface area contributed by atoms with Crippen LogP contribution in [0.15, 0.2) is 30.3 Å². The van der Waals surface area contributed by atoms with Crippen LogP contribution < -0.4 is 0 Å². The van der Waals surface area contributed by atoms with Gasteiger partial charge in [0.25, 0.3) is 0 Å². The standard InChI is InChI=1S/C18H25FN2O2/c1-15-18(23)20(13-10-16-8-4-2-5-9-16)14-17(22)21(15)12-7-3-6-11-19/h2,4-5,8-9,15H,3,6-7,10-14H2,1H3/t15-/m0/s1. The number of rotatable bonds is 8. The van der Waals surface area contributed by atoms with Gasteiger partial charge in [-0.2, -0.15) is 0 Å². The molecule has 2 rings (SSSR count). The Morgan fingerprint density at radius 1 is 1.09 bits per heavy atom. The first-order valence-electron chi connectivity index (χ1n) is 8.31. The van der Waals surface area contributed by atoms with Crippen LogP contribution in [-0.2, 0) is 16.0 Å². The van der Waals surface area contributed by atoms with Gasteiger partial charge in [-0.1, -0.05) is 30.3 Å². The van der Waals surface area contributed by atoms with Crippen LogP contribution in [0, 0.1) is 0 Å². The molecule has 0 N–H and O–H groups in total. The topological polar surface area (TPSA) is 40.6 Å². The average molecular weight is 320 g/mol. The highest BCUT2D eigenvalue weighted by Gasteiger charge is 2.35. The van der Waals surface area contributed by atoms with Crippen molar-refractivity contribution in [1.29, 1.82) is 0 Å². The number of hydrogen-bond donors (Lipinski definition) is 0. The Bertz CT molecular complexity index is 521. The van der Waals surface area contributed by atoms with E-state index in [4.69, 9.17) is 0 Å². The summed E-state index contributed by atoms with van der Waals surface area (Å²) in [7, 11) is 0. The smallest absolute Gasteiger partial charge is 0.245 e. The molecule has 0 radical (unpaired) electrons. The lowest BCUT2D eigenvalue weighted by Crippen LogP contribution is -2.59. The maximum atomic E-state index is 12.5. The van der Waals surface area contributed by atoms with E-state index >= 15 is 0 Å². The lowest BCUT2D eigenvalue weighted by Gasteiger charge is -2.38. The molecule has 2 amide bonds. The summed E-state index contributed by atoms with van der Waals surface area (Å²) in [6.45, 7) is 2.71. The van der Waals surface area contributed by atoms with Gasteiger partial charge in [0.15, 0.2) is 0 Å². The van der Waals surface area contributed by atoms with Crippen molar-refractivity contribution < 1.29 is 14.0 Å². The highest BCUT2D eigenvalue weighted by molar-refractivity contribution is 5.94. The summed E-state index contributed by atoms with van der Waals surface area (Å²) in [6, 6.07) is 9.54. The first kappa shape index (κ1) is 17.4. The van der Waals surface area contributed by atoms with Gasteiger partial charge < -0.3 is 9.80 Å². The summed E-state index contributed by atoms with van der Waals surface area (Å²) in [5.41, 5.74) is 1.16. The van der Waals surface area contributed by atoms with E-state index < -0.39 is 6.04 Å². The van der Waals surface area contributed by atoms with Crippen LogP contribution in [0.4, 0.5) is 4.39 Å². The zero-order valence-electron chi connectivity index (χ0n) is 13.7. The van der Waals surface area contributed by atoms with Crippen LogP contribution in [0.1, 0.15) is 31.7 Å². The normalized spacial score (nSPS) is 18.6. The van der Waals surface area contributed by atoms with Crippen LogP contribution in [0.3, 0.4) is 0 Å². The third kappa shape index (κ3) is 4.78. The minimum Gasteiger partial charge on any atom is -0.331 e. The Labute approximate surface area is 137 Å². The number of amides is 2. The van der Waals surface area contributed by atoms with Crippen LogP contribution in [-0.4, -0.2) is 54.0 Å². The van der Waals surface area contributed by atoms with Crippen LogP contribution in [0.5, 0.6) is 0 Å². The molecule has 1 aliphatic heterocycles. The predicted molar refractivity (Wildman–Crippen MR) is 87.7 cm³/mol. The quantitative estimate of drug-likeness (QED) is 0.690. The molecule has 1 atom stereocenters. The molecule has 1 saturated heterocycles. The number of hydrogen-bond acceptors (Lipinski definition) is 2. The summed E-state index contributed by atoms with van der Waals surface area (Å²) >= 11 is 0. The molecular formula is C18H25FN2O2. The van der Waals surface area contributed by atoms with Crippen molar-refractivity contribution in [1.82, 2.24) is 9.80 Å². The summed E-state index contributed by atoms with van der Waals surface area (Å²) < 4.78 is 12.1. The van der Waals surface area contributed by atoms with Gasteiger partial charge >= 0.3 is 0 Å². The van der Waals surface area contributed by atoms with Crippen molar-refractivity contribution in [3.63, 3.8) is 0 Å². The largest absolute Gasteiger partial charge is 0.331 e. The number of carbonyl (C=O) groups is 2. The van der Waals surface area contributed by atoms with Crippen molar-refractivity contribution in [2.45, 2.75) is 38.6 Å². The molecule has 5 heteroatoms. The molecule has 1 heterocycles. The fraction of sp³-hybridized carbons (Fsp3) is 0.556. The zero-order valence-corrected chi connectivity index (χ0v) is 13.7. The molecule has 1 fully saturated rings. The van der Waals surface area contributed by atoms with Gasteiger partial charge in [0.2, 0.25) is 11.8 Å². The monoisotopic (exact) mass is 320 g/mol. The lowest BCUT2D eigenvalue weighted by atomic mass is 10.1. The summed E-state index contributed by atoms with van der Waals surface area (Å²) in [5.74, 6) is -0.00330. The molecule has 126 valence electrons. The van der Waals surface area contributed by atoms with Crippen LogP contribution in [0.2, 0.25) is 0 Å². The molecular weight excluding hydrogens is 295 g/mol. The Balaban J connectivity index is 1.86. The van der Waals surface area contributed by atoms with E-state index in [1.165, 1.54) is 0 Å².